The third-order valence-corrected chi connectivity index (χ3v) is 15.2. The number of piperidine rings is 1. The van der Waals surface area contributed by atoms with Crippen LogP contribution in [0.5, 0.6) is 0 Å². The highest BCUT2D eigenvalue weighted by molar-refractivity contribution is 5.85. The van der Waals surface area contributed by atoms with Gasteiger partial charge in [-0.2, -0.15) is 0 Å². The molecular weight excluding hydrogens is 879 g/mol. The second-order valence-corrected chi connectivity index (χ2v) is 21.6. The maximum Gasteiger partial charge on any atom is 0.410 e. The first kappa shape index (κ1) is 60.9. The SMILES string of the molecule is C1CCC(N=C(NC2CCCCC2)N2CCOCC2)CC1.CCC(C)(C)OC(=O)N1CCC(OC(=O)C2CCCCC2)CC1.CCCC[N+](CCCC)(CCCC)CCCC.O=C([O-])c1ccccc1. The van der Waals surface area contributed by atoms with Crippen molar-refractivity contribution in [3.63, 3.8) is 0 Å². The first-order chi connectivity index (χ1) is 33.9. The molecule has 6 rings (SSSR count). The van der Waals surface area contributed by atoms with E-state index in [1.165, 1.54) is 171 Å². The number of aliphatic imine (C=N–C) groups is 1. The molecule has 70 heavy (non-hydrogen) atoms. The summed E-state index contributed by atoms with van der Waals surface area (Å²) in [5.41, 5.74) is -0.209. The maximum absolute atomic E-state index is 12.2. The molecule has 0 aromatic heterocycles. The minimum atomic E-state index is -1.13. The number of carbonyl (C=O) groups excluding carboxylic acids is 3. The Labute approximate surface area is 427 Å². The number of nitrogens with one attached hydrogen (secondary N) is 1. The van der Waals surface area contributed by atoms with Crippen LogP contribution < -0.4 is 10.4 Å². The Balaban J connectivity index is 0.000000257. The van der Waals surface area contributed by atoms with E-state index in [1.54, 1.807) is 23.1 Å². The Morgan fingerprint density at radius 3 is 1.61 bits per heavy atom. The van der Waals surface area contributed by atoms with Crippen molar-refractivity contribution in [1.82, 2.24) is 15.1 Å². The number of rotatable bonds is 19. The topological polar surface area (TPSA) is 133 Å². The molecule has 12 heteroatoms. The fourth-order valence-corrected chi connectivity index (χ4v) is 10.1. The molecule has 2 saturated heterocycles. The van der Waals surface area contributed by atoms with E-state index in [2.05, 4.69) is 37.9 Å². The number of likely N-dealkylation sites (tertiary alicyclic amines) is 1. The molecule has 3 aliphatic carbocycles. The van der Waals surface area contributed by atoms with E-state index in [0.29, 0.717) is 38.0 Å². The number of hydrogen-bond donors (Lipinski definition) is 1. The molecule has 1 N–H and O–H groups in total. The molecule has 2 heterocycles. The van der Waals surface area contributed by atoms with Gasteiger partial charge in [0.25, 0.3) is 0 Å². The highest BCUT2D eigenvalue weighted by atomic mass is 16.6. The van der Waals surface area contributed by atoms with Crippen molar-refractivity contribution >= 4 is 24.0 Å². The second kappa shape index (κ2) is 35.7. The number of quaternary nitrogens is 1. The molecule has 2 aliphatic heterocycles. The number of unbranched alkanes of at least 4 members (excludes halogenated alkanes) is 4. The fraction of sp³-hybridized carbons (Fsp3) is 0.828. The molecule has 5 aliphatic rings. The summed E-state index contributed by atoms with van der Waals surface area (Å²) in [5.74, 6) is 0.114. The zero-order valence-electron chi connectivity index (χ0n) is 45.8. The molecule has 1 aromatic rings. The lowest BCUT2D eigenvalue weighted by Gasteiger charge is -2.39. The molecule has 402 valence electrons. The summed E-state index contributed by atoms with van der Waals surface area (Å²) in [6.45, 7) is 25.7. The van der Waals surface area contributed by atoms with Gasteiger partial charge in [0.15, 0.2) is 5.96 Å². The zero-order valence-corrected chi connectivity index (χ0v) is 45.8. The third-order valence-electron chi connectivity index (χ3n) is 15.2. The van der Waals surface area contributed by atoms with Crippen LogP contribution in [0.3, 0.4) is 0 Å². The standard InChI is InChI=1S/C18H31NO4.C17H31N3O.C16H36N.C7H6O2/c1-4-18(2,3)23-17(21)19-12-10-15(11-13-19)22-16(20)14-8-6-5-7-9-14;1-3-7-15(8-4-1)18-17(20-11-13-21-14-12-20)19-16-9-5-2-6-10-16;1-5-9-13-17(14-10-6-2,15-11-7-3)16-12-8-4;8-7(9)6-4-2-1-3-5-6/h14-15H,4-13H2,1-3H3;15-16H,1-14H2,(H,18,19);5-16H2,1-4H3;1-5H,(H,8,9)/q;;+1;/p-1. The summed E-state index contributed by atoms with van der Waals surface area (Å²) in [7, 11) is 0. The number of nitrogens with zero attached hydrogens (tertiary/aromatic N) is 4. The van der Waals surface area contributed by atoms with Gasteiger partial charge in [0.1, 0.15) is 11.7 Å². The van der Waals surface area contributed by atoms with Crippen LogP contribution in [-0.2, 0) is 19.0 Å². The number of benzene rings is 1. The lowest BCUT2D eigenvalue weighted by molar-refractivity contribution is -0.929. The number of aromatic carboxylic acids is 1. The summed E-state index contributed by atoms with van der Waals surface area (Å²) >= 11 is 0. The quantitative estimate of drug-likeness (QED) is 0.0622. The maximum atomic E-state index is 12.2. The van der Waals surface area contributed by atoms with E-state index in [-0.39, 0.29) is 29.6 Å². The monoisotopic (exact) mass is 982 g/mol. The molecule has 0 bridgehead atoms. The van der Waals surface area contributed by atoms with Gasteiger partial charge in [0, 0.05) is 45.1 Å². The molecule has 5 fully saturated rings. The molecule has 0 radical (unpaired) electrons. The number of carboxylic acids is 1. The Bertz CT molecular complexity index is 1510. The summed E-state index contributed by atoms with van der Waals surface area (Å²) in [6.07, 6.45) is 31.8. The Morgan fingerprint density at radius 1 is 0.671 bits per heavy atom. The summed E-state index contributed by atoms with van der Waals surface area (Å²) < 4.78 is 18.1. The summed E-state index contributed by atoms with van der Waals surface area (Å²) in [6, 6.07) is 9.25. The van der Waals surface area contributed by atoms with Gasteiger partial charge >= 0.3 is 12.1 Å². The summed E-state index contributed by atoms with van der Waals surface area (Å²) in [5, 5.41) is 13.9. The number of carboxylic acid groups (broad SMARTS) is 1. The van der Waals surface area contributed by atoms with Crippen LogP contribution in [0.4, 0.5) is 4.79 Å². The van der Waals surface area contributed by atoms with E-state index >= 15 is 0 Å². The van der Waals surface area contributed by atoms with Gasteiger partial charge in [-0.3, -0.25) is 4.79 Å². The van der Waals surface area contributed by atoms with Gasteiger partial charge in [-0.05, 0) is 90.0 Å². The Kier molecular flexibility index (Phi) is 31.1. The average Bonchev–Trinajstić information content (AvgIpc) is 3.40. The average molecular weight is 982 g/mol. The Morgan fingerprint density at radius 2 is 1.16 bits per heavy atom. The molecule has 0 atom stereocenters. The van der Waals surface area contributed by atoms with Gasteiger partial charge in [-0.25, -0.2) is 9.79 Å². The van der Waals surface area contributed by atoms with Gasteiger partial charge in [-0.15, -0.1) is 0 Å². The molecule has 0 unspecified atom stereocenters. The van der Waals surface area contributed by atoms with Crippen LogP contribution in [0.2, 0.25) is 0 Å². The van der Waals surface area contributed by atoms with Gasteiger partial charge < -0.3 is 43.7 Å². The van der Waals surface area contributed by atoms with Crippen LogP contribution >= 0.6 is 0 Å². The van der Waals surface area contributed by atoms with Crippen molar-refractivity contribution in [2.75, 3.05) is 65.6 Å². The smallest absolute Gasteiger partial charge is 0.410 e. The molecule has 0 spiro atoms. The first-order valence-corrected chi connectivity index (χ1v) is 28.8. The van der Waals surface area contributed by atoms with E-state index in [0.717, 1.165) is 58.4 Å². The minimum Gasteiger partial charge on any atom is -0.545 e. The Hall–Kier alpha value is -3.38. The molecule has 3 saturated carbocycles. The normalized spacial score (nSPS) is 19.0. The van der Waals surface area contributed by atoms with Crippen LogP contribution in [-0.4, -0.2) is 128 Å². The first-order valence-electron chi connectivity index (χ1n) is 28.8. The lowest BCUT2D eigenvalue weighted by Crippen LogP contribution is -2.51. The van der Waals surface area contributed by atoms with E-state index in [9.17, 15) is 19.5 Å². The number of esters is 1. The van der Waals surface area contributed by atoms with Crippen molar-refractivity contribution in [3.8, 4) is 0 Å². The van der Waals surface area contributed by atoms with Crippen molar-refractivity contribution in [1.29, 1.82) is 0 Å². The molecular formula is C58H103N5O7. The van der Waals surface area contributed by atoms with Crippen molar-refractivity contribution in [2.24, 2.45) is 10.9 Å². The fourth-order valence-electron chi connectivity index (χ4n) is 10.1. The number of carbonyl (C=O) groups is 3. The number of hydrogen-bond acceptors (Lipinski definition) is 8. The van der Waals surface area contributed by atoms with Crippen LogP contribution in [0.15, 0.2) is 35.3 Å². The van der Waals surface area contributed by atoms with E-state index in [1.807, 2.05) is 20.8 Å². The van der Waals surface area contributed by atoms with Gasteiger partial charge in [-0.1, -0.05) is 148 Å². The third kappa shape index (κ3) is 24.8. The van der Waals surface area contributed by atoms with Crippen molar-refractivity contribution in [2.45, 2.75) is 239 Å². The second-order valence-electron chi connectivity index (χ2n) is 21.6. The van der Waals surface area contributed by atoms with Crippen LogP contribution in [0.25, 0.3) is 0 Å². The number of morpholine rings is 1. The highest BCUT2D eigenvalue weighted by Gasteiger charge is 2.32. The van der Waals surface area contributed by atoms with Crippen LogP contribution in [0.1, 0.15) is 226 Å². The summed E-state index contributed by atoms with van der Waals surface area (Å²) in [4.78, 5) is 43.7. The minimum absolute atomic E-state index is 0.0298. The van der Waals surface area contributed by atoms with E-state index in [4.69, 9.17) is 19.2 Å². The molecule has 12 nitrogen and oxygen atoms in total. The van der Waals surface area contributed by atoms with Crippen molar-refractivity contribution < 1.29 is 38.2 Å². The number of amides is 1. The van der Waals surface area contributed by atoms with Crippen molar-refractivity contribution in [3.05, 3.63) is 35.9 Å². The highest BCUT2D eigenvalue weighted by Crippen LogP contribution is 2.27. The van der Waals surface area contributed by atoms with Crippen LogP contribution in [0, 0.1) is 5.92 Å². The lowest BCUT2D eigenvalue weighted by atomic mass is 9.89. The molecule has 1 aromatic carbocycles. The largest absolute Gasteiger partial charge is 0.545 e. The van der Waals surface area contributed by atoms with Gasteiger partial charge in [0.05, 0.1) is 57.3 Å². The molecule has 1 amide bonds. The number of guanidine groups is 1. The van der Waals surface area contributed by atoms with E-state index < -0.39 is 11.6 Å². The zero-order chi connectivity index (χ0) is 50.9. The predicted molar refractivity (Wildman–Crippen MR) is 285 cm³/mol. The predicted octanol–water partition coefficient (Wildman–Crippen LogP) is 11.9. The van der Waals surface area contributed by atoms with Gasteiger partial charge in [0.2, 0.25) is 0 Å². The number of ether oxygens (including phenoxy) is 3.